The fraction of sp³-hybridized carbons (Fsp3) is 0.429. The Kier molecular flexibility index (Phi) is 41.0. The van der Waals surface area contributed by atoms with Crippen molar-refractivity contribution in [3.05, 3.63) is 60.7 Å². The molecular weight excluding hydrogens is 284 g/mol. The summed E-state index contributed by atoms with van der Waals surface area (Å²) in [4.78, 5) is 0. The van der Waals surface area contributed by atoms with Gasteiger partial charge in [-0.25, -0.2) is 0 Å². The van der Waals surface area contributed by atoms with Gasteiger partial charge in [0.05, 0.1) is 0 Å². The summed E-state index contributed by atoms with van der Waals surface area (Å²) >= 11 is 0. The molecule has 2 heteroatoms. The highest BCUT2D eigenvalue weighted by Gasteiger charge is 1.92. The van der Waals surface area contributed by atoms with Gasteiger partial charge in [0, 0.05) is 7.11 Å². The van der Waals surface area contributed by atoms with Crippen LogP contribution in [0.2, 0.25) is 0 Å². The van der Waals surface area contributed by atoms with Crippen LogP contribution in [0.5, 0.6) is 11.5 Å². The lowest BCUT2D eigenvalue weighted by molar-refractivity contribution is 0.399. The molecule has 0 radical (unpaired) electrons. The van der Waals surface area contributed by atoms with E-state index in [2.05, 4.69) is 0 Å². The van der Waals surface area contributed by atoms with E-state index in [0.29, 0.717) is 0 Å². The van der Waals surface area contributed by atoms with Gasteiger partial charge in [-0.3, -0.25) is 0 Å². The van der Waals surface area contributed by atoms with Crippen molar-refractivity contribution in [2.75, 3.05) is 7.11 Å². The average molecular weight is 323 g/mol. The summed E-state index contributed by atoms with van der Waals surface area (Å²) in [5.74, 6) is 1.74. The van der Waals surface area contributed by atoms with Crippen LogP contribution >= 0.6 is 0 Å². The number of hydrogen-bond acceptors (Lipinski definition) is 2. The molecule has 0 aliphatic heterocycles. The molecule has 0 heterocycles. The Bertz CT molecular complexity index is 321. The van der Waals surface area contributed by atoms with Crippen LogP contribution in [-0.2, 0) is 0 Å². The highest BCUT2D eigenvalue weighted by atomic mass is 16.5. The number of para-hydroxylation sites is 2. The highest BCUT2D eigenvalue weighted by Crippen LogP contribution is 2.19. The Morgan fingerprint density at radius 2 is 0.696 bits per heavy atom. The quantitative estimate of drug-likeness (QED) is 0.633. The van der Waals surface area contributed by atoms with Crippen LogP contribution < -0.4 is 4.74 Å². The molecule has 0 fully saturated rings. The maximum Gasteiger partial charge on any atom is 0.127 e. The van der Waals surface area contributed by atoms with Crippen molar-refractivity contribution in [2.24, 2.45) is 0 Å². The third kappa shape index (κ3) is 20.2. The Hall–Kier alpha value is -1.80. The van der Waals surface area contributed by atoms with Crippen LogP contribution in [0, 0.1) is 0 Å². The predicted molar refractivity (Wildman–Crippen MR) is 106 cm³/mol. The Balaban J connectivity index is -0.000000156. The van der Waals surface area contributed by atoms with E-state index in [-0.39, 0.29) is 0 Å². The zero-order valence-corrected chi connectivity index (χ0v) is 16.6. The van der Waals surface area contributed by atoms with E-state index in [4.69, 9.17) is 9.84 Å². The van der Waals surface area contributed by atoms with Crippen LogP contribution in [0.1, 0.15) is 55.4 Å². The van der Waals surface area contributed by atoms with E-state index in [1.807, 2.05) is 116 Å². The van der Waals surface area contributed by atoms with Crippen LogP contribution in [0.15, 0.2) is 60.7 Å². The fourth-order valence-electron chi connectivity index (χ4n) is 1.11. The minimum Gasteiger partial charge on any atom is -0.457 e. The summed E-state index contributed by atoms with van der Waals surface area (Å²) < 4.78 is 5.58. The SMILES string of the molecule is CC.CC.CC.CC.CO.c1ccc(Oc2ccccc2)cc1. The predicted octanol–water partition coefficient (Wildman–Crippen LogP) is 7.19. The number of aliphatic hydroxyl groups is 1. The Morgan fingerprint density at radius 1 is 0.478 bits per heavy atom. The van der Waals surface area contributed by atoms with E-state index in [0.717, 1.165) is 18.6 Å². The Labute approximate surface area is 145 Å². The number of benzene rings is 2. The summed E-state index contributed by atoms with van der Waals surface area (Å²) in [6.45, 7) is 16.0. The third-order valence-electron chi connectivity index (χ3n) is 1.72. The van der Waals surface area contributed by atoms with Gasteiger partial charge < -0.3 is 9.84 Å². The van der Waals surface area contributed by atoms with Crippen molar-refractivity contribution in [2.45, 2.75) is 55.4 Å². The summed E-state index contributed by atoms with van der Waals surface area (Å²) in [7, 11) is 1.00. The molecule has 0 saturated carbocycles. The summed E-state index contributed by atoms with van der Waals surface area (Å²) in [6, 6.07) is 19.5. The van der Waals surface area contributed by atoms with Crippen LogP contribution in [0.3, 0.4) is 0 Å². The van der Waals surface area contributed by atoms with Crippen molar-refractivity contribution in [3.63, 3.8) is 0 Å². The molecule has 0 aliphatic carbocycles. The van der Waals surface area contributed by atoms with E-state index in [9.17, 15) is 0 Å². The molecule has 0 bridgehead atoms. The fourth-order valence-corrected chi connectivity index (χ4v) is 1.11. The maximum absolute atomic E-state index is 7.00. The molecule has 0 aliphatic rings. The standard InChI is InChI=1S/C12H10O.4C2H6.CH4O/c1-3-7-11(8-4-1)13-12-9-5-2-6-10-12;5*1-2/h1-10H;4*1-2H3;2H,1H3. The number of ether oxygens (including phenoxy) is 1. The normalized spacial score (nSPS) is 6.70. The number of aliphatic hydroxyl groups excluding tert-OH is 1. The van der Waals surface area contributed by atoms with Crippen molar-refractivity contribution in [3.8, 4) is 11.5 Å². The third-order valence-corrected chi connectivity index (χ3v) is 1.72. The monoisotopic (exact) mass is 322 g/mol. The molecule has 0 atom stereocenters. The smallest absolute Gasteiger partial charge is 0.127 e. The molecule has 2 aromatic rings. The first kappa shape index (κ1) is 29.2. The molecule has 0 unspecified atom stereocenters. The topological polar surface area (TPSA) is 29.5 Å². The van der Waals surface area contributed by atoms with E-state index >= 15 is 0 Å². The first-order chi connectivity index (χ1) is 11.4. The lowest BCUT2D eigenvalue weighted by Crippen LogP contribution is -1.81. The van der Waals surface area contributed by atoms with Crippen LogP contribution in [0.4, 0.5) is 0 Å². The van der Waals surface area contributed by atoms with E-state index in [1.165, 1.54) is 0 Å². The van der Waals surface area contributed by atoms with E-state index in [1.54, 1.807) is 0 Å². The van der Waals surface area contributed by atoms with Crippen molar-refractivity contribution in [1.82, 2.24) is 0 Å². The summed E-state index contributed by atoms with van der Waals surface area (Å²) in [6.07, 6.45) is 0. The van der Waals surface area contributed by atoms with Gasteiger partial charge in [0.2, 0.25) is 0 Å². The number of hydrogen-bond donors (Lipinski definition) is 1. The molecule has 0 amide bonds. The van der Waals surface area contributed by atoms with Crippen molar-refractivity contribution in [1.29, 1.82) is 0 Å². The molecule has 2 aromatic carbocycles. The highest BCUT2D eigenvalue weighted by molar-refractivity contribution is 5.30. The average Bonchev–Trinajstić information content (AvgIpc) is 2.71. The first-order valence-corrected chi connectivity index (χ1v) is 8.68. The van der Waals surface area contributed by atoms with Gasteiger partial charge in [-0.05, 0) is 24.3 Å². The zero-order chi connectivity index (χ0) is 18.9. The lowest BCUT2D eigenvalue weighted by atomic mass is 10.3. The molecule has 0 aromatic heterocycles. The molecule has 134 valence electrons. The molecule has 0 saturated heterocycles. The molecule has 2 nitrogen and oxygen atoms in total. The maximum atomic E-state index is 7.00. The van der Waals surface area contributed by atoms with Gasteiger partial charge in [0.25, 0.3) is 0 Å². The molecule has 2 rings (SSSR count). The molecular formula is C21H38O2. The van der Waals surface area contributed by atoms with Gasteiger partial charge in [-0.2, -0.15) is 0 Å². The lowest BCUT2D eigenvalue weighted by Gasteiger charge is -2.03. The minimum absolute atomic E-state index is 0.869. The second-order valence-electron chi connectivity index (χ2n) is 2.73. The summed E-state index contributed by atoms with van der Waals surface area (Å²) in [5.41, 5.74) is 0. The minimum atomic E-state index is 0.869. The van der Waals surface area contributed by atoms with Gasteiger partial charge in [0.1, 0.15) is 11.5 Å². The van der Waals surface area contributed by atoms with Gasteiger partial charge >= 0.3 is 0 Å². The molecule has 23 heavy (non-hydrogen) atoms. The van der Waals surface area contributed by atoms with Crippen molar-refractivity contribution >= 4 is 0 Å². The second kappa shape index (κ2) is 32.2. The van der Waals surface area contributed by atoms with E-state index < -0.39 is 0 Å². The largest absolute Gasteiger partial charge is 0.457 e. The van der Waals surface area contributed by atoms with Crippen molar-refractivity contribution < 1.29 is 9.84 Å². The summed E-state index contributed by atoms with van der Waals surface area (Å²) in [5, 5.41) is 7.00. The second-order valence-corrected chi connectivity index (χ2v) is 2.73. The van der Waals surface area contributed by atoms with Gasteiger partial charge in [-0.1, -0.05) is 91.8 Å². The molecule has 0 spiro atoms. The molecule has 1 N–H and O–H groups in total. The number of rotatable bonds is 2. The first-order valence-electron chi connectivity index (χ1n) is 8.68. The van der Waals surface area contributed by atoms with Crippen LogP contribution in [-0.4, -0.2) is 12.2 Å². The Morgan fingerprint density at radius 3 is 0.913 bits per heavy atom. The zero-order valence-electron chi connectivity index (χ0n) is 16.6. The van der Waals surface area contributed by atoms with Crippen LogP contribution in [0.25, 0.3) is 0 Å². The van der Waals surface area contributed by atoms with Gasteiger partial charge in [-0.15, -0.1) is 0 Å². The van der Waals surface area contributed by atoms with Gasteiger partial charge in [0.15, 0.2) is 0 Å².